The van der Waals surface area contributed by atoms with Crippen LogP contribution in [0.4, 0.5) is 0 Å². The first-order valence-electron chi connectivity index (χ1n) is 17.7. The van der Waals surface area contributed by atoms with Crippen molar-refractivity contribution in [3.05, 3.63) is 170 Å². The highest BCUT2D eigenvalue weighted by molar-refractivity contribution is 6.18. The lowest BCUT2D eigenvalue weighted by Gasteiger charge is -2.12. The molecule has 1 aliphatic carbocycles. The van der Waals surface area contributed by atoms with Gasteiger partial charge in [-0.25, -0.2) is 4.98 Å². The van der Waals surface area contributed by atoms with Crippen molar-refractivity contribution in [2.75, 3.05) is 0 Å². The van der Waals surface area contributed by atoms with Gasteiger partial charge < -0.3 is 4.57 Å². The van der Waals surface area contributed by atoms with Crippen LogP contribution in [-0.2, 0) is 0 Å². The fraction of sp³-hybridized carbons (Fsp3) is 0. The van der Waals surface area contributed by atoms with Gasteiger partial charge in [0.1, 0.15) is 5.82 Å². The lowest BCUT2D eigenvalue weighted by molar-refractivity contribution is 1.10. The molecule has 0 unspecified atom stereocenters. The van der Waals surface area contributed by atoms with Gasteiger partial charge >= 0.3 is 0 Å². The fourth-order valence-corrected chi connectivity index (χ4v) is 8.83. The summed E-state index contributed by atoms with van der Waals surface area (Å²) in [5, 5.41) is 9.77. The quantitative estimate of drug-likeness (QED) is 0.189. The molecule has 4 heterocycles. The highest BCUT2D eigenvalue weighted by Gasteiger charge is 2.25. The SMILES string of the molecule is c1ccc(-n2c3ccc(-c4ccc5c(c4)c4ccccc4n5-c4ncc5c6c(cccc46)-c4ncccc4-5)cc3c3cc4ccccc4cc32)cc1. The van der Waals surface area contributed by atoms with E-state index >= 15 is 0 Å². The van der Waals surface area contributed by atoms with Crippen LogP contribution in [-0.4, -0.2) is 19.1 Å². The number of aromatic nitrogens is 4. The van der Waals surface area contributed by atoms with Crippen LogP contribution in [0.2, 0.25) is 0 Å². The second kappa shape index (κ2) is 10.3. The van der Waals surface area contributed by atoms with E-state index in [1.807, 2.05) is 18.5 Å². The first-order chi connectivity index (χ1) is 25.8. The summed E-state index contributed by atoms with van der Waals surface area (Å²) in [5.74, 6) is 0.940. The number of nitrogens with zero attached hydrogens (tertiary/aromatic N) is 4. The van der Waals surface area contributed by atoms with Crippen LogP contribution in [0.25, 0.3) is 110 Å². The molecular weight excluding hydrogens is 633 g/mol. The zero-order valence-electron chi connectivity index (χ0n) is 28.0. The number of rotatable bonds is 3. The lowest BCUT2D eigenvalue weighted by Crippen LogP contribution is -1.99. The molecule has 1 aliphatic rings. The van der Waals surface area contributed by atoms with Crippen LogP contribution in [0.15, 0.2) is 170 Å². The van der Waals surface area contributed by atoms with Crippen molar-refractivity contribution in [3.63, 3.8) is 0 Å². The van der Waals surface area contributed by atoms with E-state index in [9.17, 15) is 0 Å². The van der Waals surface area contributed by atoms with E-state index in [1.165, 1.54) is 65.4 Å². The van der Waals surface area contributed by atoms with Crippen molar-refractivity contribution in [1.29, 1.82) is 0 Å². The summed E-state index contributed by atoms with van der Waals surface area (Å²) < 4.78 is 4.74. The molecule has 240 valence electrons. The van der Waals surface area contributed by atoms with Crippen LogP contribution in [0.3, 0.4) is 0 Å². The largest absolute Gasteiger partial charge is 0.309 e. The molecular formula is C48H28N4. The van der Waals surface area contributed by atoms with E-state index in [0.29, 0.717) is 0 Å². The third kappa shape index (κ3) is 3.70. The molecule has 0 saturated carbocycles. The van der Waals surface area contributed by atoms with Gasteiger partial charge in [0.2, 0.25) is 0 Å². The maximum Gasteiger partial charge on any atom is 0.145 e. The van der Waals surface area contributed by atoms with Crippen LogP contribution in [0, 0.1) is 0 Å². The average Bonchev–Trinajstić information content (AvgIpc) is 3.83. The molecule has 4 aromatic heterocycles. The molecule has 0 bridgehead atoms. The van der Waals surface area contributed by atoms with Gasteiger partial charge in [-0.1, -0.05) is 97.1 Å². The number of pyridine rings is 2. The lowest BCUT2D eigenvalue weighted by atomic mass is 10.00. The molecule has 7 aromatic carbocycles. The minimum Gasteiger partial charge on any atom is -0.309 e. The van der Waals surface area contributed by atoms with Gasteiger partial charge in [0.05, 0.1) is 27.8 Å². The molecule has 4 heteroatoms. The van der Waals surface area contributed by atoms with Crippen molar-refractivity contribution in [2.24, 2.45) is 0 Å². The summed E-state index contributed by atoms with van der Waals surface area (Å²) >= 11 is 0. The minimum atomic E-state index is 0.940. The van der Waals surface area contributed by atoms with Gasteiger partial charge in [0, 0.05) is 67.1 Å². The second-order valence-corrected chi connectivity index (χ2v) is 13.8. The number of hydrogen-bond donors (Lipinski definition) is 0. The standard InChI is InChI=1S/C48H28N4/c1-2-12-33(13-3-1)51-43-21-19-32(26-39(43)40-24-29-10-4-5-11-30(29)27-45(40)51)31-20-22-44-38(25-31)34-14-6-7-18-42(34)52(44)48-37-16-8-15-36-46(37)41(28-50-48)35-17-9-23-49-47(35)36/h1-28H. The highest BCUT2D eigenvalue weighted by atomic mass is 15.1. The van der Waals surface area contributed by atoms with Crippen molar-refractivity contribution >= 4 is 65.2 Å². The Labute approximate surface area is 298 Å². The normalized spacial score (nSPS) is 12.2. The molecule has 11 aromatic rings. The Kier molecular flexibility index (Phi) is 5.47. The molecule has 4 nitrogen and oxygen atoms in total. The van der Waals surface area contributed by atoms with E-state index in [0.717, 1.165) is 44.7 Å². The predicted octanol–water partition coefficient (Wildman–Crippen LogP) is 12.3. The summed E-state index contributed by atoms with van der Waals surface area (Å²) in [5.41, 5.74) is 12.8. The molecule has 52 heavy (non-hydrogen) atoms. The molecule has 0 atom stereocenters. The maximum absolute atomic E-state index is 5.18. The molecule has 0 saturated heterocycles. The predicted molar refractivity (Wildman–Crippen MR) is 216 cm³/mol. The fourth-order valence-electron chi connectivity index (χ4n) is 8.83. The van der Waals surface area contributed by atoms with Crippen LogP contribution < -0.4 is 0 Å². The minimum absolute atomic E-state index is 0.940. The van der Waals surface area contributed by atoms with E-state index in [-0.39, 0.29) is 0 Å². The van der Waals surface area contributed by atoms with Crippen LogP contribution in [0.1, 0.15) is 0 Å². The number of benzene rings is 7. The molecule has 0 amide bonds. The van der Waals surface area contributed by atoms with E-state index in [1.54, 1.807) is 0 Å². The Morgan fingerprint density at radius 1 is 0.385 bits per heavy atom. The Morgan fingerprint density at radius 2 is 1.04 bits per heavy atom. The summed E-state index contributed by atoms with van der Waals surface area (Å²) in [6.45, 7) is 0. The summed E-state index contributed by atoms with van der Waals surface area (Å²) in [4.78, 5) is 9.94. The van der Waals surface area contributed by atoms with Crippen molar-refractivity contribution in [2.45, 2.75) is 0 Å². The average molecular weight is 661 g/mol. The topological polar surface area (TPSA) is 35.6 Å². The van der Waals surface area contributed by atoms with Crippen LogP contribution in [0.5, 0.6) is 0 Å². The van der Waals surface area contributed by atoms with Crippen molar-refractivity contribution < 1.29 is 0 Å². The van der Waals surface area contributed by atoms with E-state index in [2.05, 4.69) is 161 Å². The third-order valence-corrected chi connectivity index (χ3v) is 11.1. The van der Waals surface area contributed by atoms with Gasteiger partial charge in [-0.15, -0.1) is 0 Å². The number of fused-ring (bicyclic) bond motifs is 10. The van der Waals surface area contributed by atoms with Gasteiger partial charge in [0.15, 0.2) is 0 Å². The van der Waals surface area contributed by atoms with Crippen molar-refractivity contribution in [1.82, 2.24) is 19.1 Å². The Morgan fingerprint density at radius 3 is 1.88 bits per heavy atom. The molecule has 12 rings (SSSR count). The van der Waals surface area contributed by atoms with Gasteiger partial charge in [-0.3, -0.25) is 9.55 Å². The molecule has 0 aliphatic heterocycles. The summed E-state index contributed by atoms with van der Waals surface area (Å²) in [6, 6.07) is 57.3. The van der Waals surface area contributed by atoms with E-state index < -0.39 is 0 Å². The summed E-state index contributed by atoms with van der Waals surface area (Å²) in [6.07, 6.45) is 3.91. The van der Waals surface area contributed by atoms with Gasteiger partial charge in [0.25, 0.3) is 0 Å². The van der Waals surface area contributed by atoms with Gasteiger partial charge in [-0.05, 0) is 82.6 Å². The second-order valence-electron chi connectivity index (χ2n) is 13.8. The highest BCUT2D eigenvalue weighted by Crippen LogP contribution is 2.47. The zero-order valence-corrected chi connectivity index (χ0v) is 28.0. The Bertz CT molecular complexity index is 3260. The van der Waals surface area contributed by atoms with Crippen LogP contribution >= 0.6 is 0 Å². The smallest absolute Gasteiger partial charge is 0.145 e. The molecule has 0 fully saturated rings. The first kappa shape index (κ1) is 27.7. The van der Waals surface area contributed by atoms with Gasteiger partial charge in [-0.2, -0.15) is 0 Å². The first-order valence-corrected chi connectivity index (χ1v) is 17.7. The molecule has 0 N–H and O–H groups in total. The third-order valence-electron chi connectivity index (χ3n) is 11.1. The number of hydrogen-bond acceptors (Lipinski definition) is 2. The Hall–Kier alpha value is -7.04. The van der Waals surface area contributed by atoms with E-state index in [4.69, 9.17) is 9.97 Å². The zero-order chi connectivity index (χ0) is 33.9. The molecule has 0 spiro atoms. The maximum atomic E-state index is 5.18. The monoisotopic (exact) mass is 660 g/mol. The number of para-hydroxylation sites is 2. The van der Waals surface area contributed by atoms with Crippen molar-refractivity contribution in [3.8, 4) is 45.0 Å². The Balaban J connectivity index is 1.08. The molecule has 0 radical (unpaired) electrons. The summed E-state index contributed by atoms with van der Waals surface area (Å²) in [7, 11) is 0.